The van der Waals surface area contributed by atoms with Crippen LogP contribution in [0.15, 0.2) is 67.0 Å². The number of ether oxygens (including phenoxy) is 4. The van der Waals surface area contributed by atoms with Gasteiger partial charge in [0.2, 0.25) is 12.1 Å². The quantitative estimate of drug-likeness (QED) is 0.116. The zero-order valence-corrected chi connectivity index (χ0v) is 31.0. The molecule has 0 spiro atoms. The van der Waals surface area contributed by atoms with Crippen LogP contribution in [0.1, 0.15) is 52.3 Å². The van der Waals surface area contributed by atoms with Crippen molar-refractivity contribution in [3.63, 3.8) is 0 Å². The summed E-state index contributed by atoms with van der Waals surface area (Å²) in [5.74, 6) is -3.88. The van der Waals surface area contributed by atoms with Gasteiger partial charge in [-0.05, 0) is 58.2 Å². The molecule has 290 valence electrons. The number of halogens is 2. The molecule has 19 heteroatoms. The highest BCUT2D eigenvalue weighted by Crippen LogP contribution is 2.53. The Labute approximate surface area is 309 Å². The van der Waals surface area contributed by atoms with Gasteiger partial charge in [0.05, 0.1) is 12.4 Å². The van der Waals surface area contributed by atoms with E-state index in [2.05, 4.69) is 20.0 Å². The van der Waals surface area contributed by atoms with Gasteiger partial charge in [0, 0.05) is 13.1 Å². The number of benzene rings is 2. The van der Waals surface area contributed by atoms with Gasteiger partial charge in [-0.2, -0.15) is 15.1 Å². The van der Waals surface area contributed by atoms with Crippen molar-refractivity contribution < 1.29 is 50.9 Å². The third-order valence-corrected chi connectivity index (χ3v) is 10.3. The molecule has 6 atom stereocenters. The Morgan fingerprint density at radius 3 is 2.39 bits per heavy atom. The molecule has 16 nitrogen and oxygen atoms in total. The molecular formula is C35H42F2N7O9P. The number of anilines is 2. The maximum absolute atomic E-state index is 17.5. The van der Waals surface area contributed by atoms with Crippen molar-refractivity contribution in [1.82, 2.24) is 24.6 Å². The van der Waals surface area contributed by atoms with Crippen molar-refractivity contribution >= 4 is 42.8 Å². The second-order valence-electron chi connectivity index (χ2n) is 13.4. The van der Waals surface area contributed by atoms with Gasteiger partial charge in [-0.15, -0.1) is 0 Å². The van der Waals surface area contributed by atoms with E-state index in [1.54, 1.807) is 62.4 Å². The zero-order chi connectivity index (χ0) is 38.7. The number of esters is 1. The molecule has 54 heavy (non-hydrogen) atoms. The monoisotopic (exact) mass is 773 g/mol. The van der Waals surface area contributed by atoms with Crippen LogP contribution in [0.5, 0.6) is 5.75 Å². The normalized spacial score (nSPS) is 24.3. The number of para-hydroxylation sites is 1. The summed E-state index contributed by atoms with van der Waals surface area (Å²) in [5, 5.41) is 2.44. The summed E-state index contributed by atoms with van der Waals surface area (Å²) in [6.07, 6.45) is -3.24. The average molecular weight is 774 g/mol. The summed E-state index contributed by atoms with van der Waals surface area (Å²) in [4.78, 5) is 40.7. The third kappa shape index (κ3) is 8.57. The van der Waals surface area contributed by atoms with Crippen molar-refractivity contribution in [2.24, 2.45) is 0 Å². The Bertz CT molecular complexity index is 1990. The largest absolute Gasteiger partial charge is 0.509 e. The predicted molar refractivity (Wildman–Crippen MR) is 191 cm³/mol. The first kappa shape index (κ1) is 38.8. The molecule has 4 heterocycles. The van der Waals surface area contributed by atoms with E-state index >= 15 is 8.78 Å². The number of nitrogens with zero attached hydrogens (tertiary/aromatic N) is 5. The molecule has 4 aromatic rings. The molecule has 3 N–H and O–H groups in total. The second-order valence-corrected chi connectivity index (χ2v) is 15.1. The van der Waals surface area contributed by atoms with E-state index in [0.717, 1.165) is 24.3 Å². The summed E-state index contributed by atoms with van der Waals surface area (Å²) < 4.78 is 82.8. The van der Waals surface area contributed by atoms with E-state index in [9.17, 15) is 14.2 Å². The molecule has 0 saturated carbocycles. The number of hydrogen-bond acceptors (Lipinski definition) is 14. The standard InChI is InChI=1S/C35H42F2N7O9P/c1-22(2)50-29(45)23(3)42-54(47,53-25-15-9-6-10-16-25)49-20-35(37)30(51-33(46)48-19-24-13-7-5-8-14-24)34(4,36)31(52-35)44-21-39-26-27(43-17-11-12-18-43)40-32(38)41-28(26)44/h5-10,13-16,21-23,30-31H,11-12,17-20H2,1-4H3,(H,42,47)(H2,38,40,41)/t23?,30-,31+,34+,35+,54?/m0/s1. The number of carbonyl (C=O) groups is 2. The van der Waals surface area contributed by atoms with Crippen molar-refractivity contribution in [1.29, 1.82) is 0 Å². The molecule has 0 radical (unpaired) electrons. The Hall–Kier alpha value is -4.90. The summed E-state index contributed by atoms with van der Waals surface area (Å²) in [7, 11) is -4.72. The van der Waals surface area contributed by atoms with Gasteiger partial charge in [0.1, 0.15) is 25.0 Å². The van der Waals surface area contributed by atoms with Gasteiger partial charge in [-0.1, -0.05) is 48.5 Å². The van der Waals surface area contributed by atoms with Gasteiger partial charge < -0.3 is 34.1 Å². The molecule has 2 aromatic carbocycles. The number of fused-ring (bicyclic) bond motifs is 1. The van der Waals surface area contributed by atoms with Crippen LogP contribution in [0.25, 0.3) is 11.2 Å². The summed E-state index contributed by atoms with van der Waals surface area (Å²) in [6.45, 7) is 5.28. The highest BCUT2D eigenvalue weighted by molar-refractivity contribution is 7.52. The highest BCUT2D eigenvalue weighted by Gasteiger charge is 2.68. The fourth-order valence-electron chi connectivity index (χ4n) is 6.15. The number of carbonyl (C=O) groups excluding carboxylic acids is 2. The number of hydrogen-bond donors (Lipinski definition) is 2. The lowest BCUT2D eigenvalue weighted by atomic mass is 9.97. The molecule has 2 fully saturated rings. The topological polar surface area (TPSA) is 191 Å². The van der Waals surface area contributed by atoms with E-state index < -0.39 is 62.5 Å². The van der Waals surface area contributed by atoms with Crippen LogP contribution in [0.2, 0.25) is 0 Å². The van der Waals surface area contributed by atoms with Gasteiger partial charge in [0.25, 0.3) is 5.85 Å². The zero-order valence-electron chi connectivity index (χ0n) is 30.1. The first-order valence-corrected chi connectivity index (χ1v) is 18.9. The Kier molecular flexibility index (Phi) is 11.4. The number of aromatic nitrogens is 4. The Morgan fingerprint density at radius 1 is 1.06 bits per heavy atom. The first-order valence-electron chi connectivity index (χ1n) is 17.3. The van der Waals surface area contributed by atoms with Crippen LogP contribution in [-0.2, 0) is 39.4 Å². The minimum Gasteiger partial charge on any atom is -0.462 e. The Morgan fingerprint density at radius 2 is 1.72 bits per heavy atom. The smallest absolute Gasteiger partial charge is 0.462 e. The minimum atomic E-state index is -4.72. The van der Waals surface area contributed by atoms with Crippen molar-refractivity contribution in [2.45, 2.75) is 83.1 Å². The van der Waals surface area contributed by atoms with Crippen LogP contribution in [0.3, 0.4) is 0 Å². The summed E-state index contributed by atoms with van der Waals surface area (Å²) >= 11 is 0. The van der Waals surface area contributed by atoms with E-state index in [4.69, 9.17) is 33.7 Å². The van der Waals surface area contributed by atoms with Gasteiger partial charge >= 0.3 is 19.9 Å². The van der Waals surface area contributed by atoms with Crippen molar-refractivity contribution in [2.75, 3.05) is 30.3 Å². The lowest BCUT2D eigenvalue weighted by Gasteiger charge is -2.30. The van der Waals surface area contributed by atoms with Gasteiger partial charge in [0.15, 0.2) is 28.9 Å². The maximum Gasteiger partial charge on any atom is 0.509 e. The highest BCUT2D eigenvalue weighted by atomic mass is 31.2. The lowest BCUT2D eigenvalue weighted by molar-refractivity contribution is -0.206. The van der Waals surface area contributed by atoms with Crippen LogP contribution < -0.4 is 20.2 Å². The summed E-state index contributed by atoms with van der Waals surface area (Å²) in [6, 6.07) is 15.0. The number of rotatable bonds is 14. The molecule has 0 bridgehead atoms. The third-order valence-electron chi connectivity index (χ3n) is 8.64. The Balaban J connectivity index is 1.33. The molecular weight excluding hydrogens is 731 g/mol. The van der Waals surface area contributed by atoms with E-state index in [1.807, 2.05) is 4.90 Å². The van der Waals surface area contributed by atoms with Crippen molar-refractivity contribution in [3.05, 3.63) is 72.6 Å². The SMILES string of the molecule is CC(C)OC(=O)C(C)NP(=O)(OC[C@@]1(F)O[C@@H](n2cnc3c(N4CCCC4)nc(N)nc32)[C@](C)(F)[C@@H]1OC(=O)OCc1ccccc1)Oc1ccccc1. The molecule has 2 saturated heterocycles. The van der Waals surface area contributed by atoms with Crippen LogP contribution >= 0.6 is 7.75 Å². The van der Waals surface area contributed by atoms with E-state index in [0.29, 0.717) is 24.5 Å². The van der Waals surface area contributed by atoms with E-state index in [-0.39, 0.29) is 29.5 Å². The minimum absolute atomic E-state index is 0.0195. The number of nitrogens with two attached hydrogens (primary N) is 1. The average Bonchev–Trinajstić information content (AvgIpc) is 3.86. The molecule has 2 unspecified atom stereocenters. The molecule has 2 aromatic heterocycles. The van der Waals surface area contributed by atoms with Gasteiger partial charge in [-0.25, -0.2) is 23.1 Å². The van der Waals surface area contributed by atoms with Crippen molar-refractivity contribution in [3.8, 4) is 5.75 Å². The van der Waals surface area contributed by atoms with Gasteiger partial charge in [-0.3, -0.25) is 13.9 Å². The van der Waals surface area contributed by atoms with E-state index in [1.165, 1.54) is 25.4 Å². The van der Waals surface area contributed by atoms with Crippen LogP contribution in [0, 0.1) is 0 Å². The maximum atomic E-state index is 17.5. The number of nitrogens with one attached hydrogen (secondary N) is 1. The number of nitrogen functional groups attached to an aromatic ring is 1. The molecule has 2 aliphatic heterocycles. The fourth-order valence-corrected chi connectivity index (χ4v) is 7.65. The fraction of sp³-hybridized carbons (Fsp3) is 0.457. The van der Waals surface area contributed by atoms with Crippen LogP contribution in [0.4, 0.5) is 25.3 Å². The molecule has 6 rings (SSSR count). The number of alkyl halides is 2. The second kappa shape index (κ2) is 15.8. The first-order chi connectivity index (χ1) is 25.7. The predicted octanol–water partition coefficient (Wildman–Crippen LogP) is 5.79. The number of imidazole rings is 1. The summed E-state index contributed by atoms with van der Waals surface area (Å²) in [5.41, 5.74) is 4.04. The van der Waals surface area contributed by atoms with Crippen LogP contribution in [-0.4, -0.2) is 81.1 Å². The lowest BCUT2D eigenvalue weighted by Crippen LogP contribution is -2.50. The molecule has 0 aliphatic carbocycles. The molecule has 2 aliphatic rings. The molecule has 0 amide bonds.